The first-order valence-corrected chi connectivity index (χ1v) is 8.52. The van der Waals surface area contributed by atoms with Crippen molar-refractivity contribution in [3.63, 3.8) is 0 Å². The lowest BCUT2D eigenvalue weighted by atomic mass is 9.53. The molecule has 2 aliphatic heterocycles. The van der Waals surface area contributed by atoms with Crippen molar-refractivity contribution >= 4 is 5.78 Å². The van der Waals surface area contributed by atoms with Crippen molar-refractivity contribution in [2.45, 2.75) is 70.4 Å². The van der Waals surface area contributed by atoms with Crippen LogP contribution in [0.1, 0.15) is 58.8 Å². The van der Waals surface area contributed by atoms with Gasteiger partial charge < -0.3 is 0 Å². The molecule has 0 amide bonds. The smallest absolute Gasteiger partial charge is 0.155 e. The summed E-state index contributed by atoms with van der Waals surface area (Å²) in [5.74, 6) is 1.73. The predicted molar refractivity (Wildman–Crippen MR) is 80.5 cm³/mol. The van der Waals surface area contributed by atoms with Crippen molar-refractivity contribution in [3.05, 3.63) is 12.2 Å². The van der Waals surface area contributed by atoms with Gasteiger partial charge in [0.15, 0.2) is 5.78 Å². The minimum Gasteiger partial charge on any atom is -0.295 e. The summed E-state index contributed by atoms with van der Waals surface area (Å²) in [6, 6.07) is 0.773. The zero-order valence-electron chi connectivity index (χ0n) is 12.9. The summed E-state index contributed by atoms with van der Waals surface area (Å²) in [4.78, 5) is 14.6. The van der Waals surface area contributed by atoms with Gasteiger partial charge in [-0.3, -0.25) is 9.69 Å². The van der Waals surface area contributed by atoms with Gasteiger partial charge in [0.1, 0.15) is 0 Å². The molecule has 0 aromatic carbocycles. The summed E-state index contributed by atoms with van der Waals surface area (Å²) >= 11 is 0. The van der Waals surface area contributed by atoms with E-state index in [1.807, 2.05) is 6.08 Å². The number of allylic oxidation sites excluding steroid dienone is 2. The molecule has 2 saturated heterocycles. The molecule has 2 heteroatoms. The van der Waals surface area contributed by atoms with E-state index in [0.717, 1.165) is 18.4 Å². The molecule has 3 fully saturated rings. The molecular weight excluding hydrogens is 246 g/mol. The number of fused-ring (bicyclic) bond motifs is 5. The number of nitrogens with zero attached hydrogens (tertiary/aromatic N) is 1. The third-order valence-electron chi connectivity index (χ3n) is 7.23. The highest BCUT2D eigenvalue weighted by molar-refractivity contribution is 5.91. The number of hydrogen-bond acceptors (Lipinski definition) is 2. The lowest BCUT2D eigenvalue weighted by Crippen LogP contribution is -2.61. The van der Waals surface area contributed by atoms with E-state index in [-0.39, 0.29) is 5.41 Å². The summed E-state index contributed by atoms with van der Waals surface area (Å²) < 4.78 is 0. The molecule has 1 unspecified atom stereocenters. The molecule has 2 heterocycles. The summed E-state index contributed by atoms with van der Waals surface area (Å²) in [6.07, 6.45) is 13.0. The van der Waals surface area contributed by atoms with Crippen LogP contribution in [-0.4, -0.2) is 28.8 Å². The van der Waals surface area contributed by atoms with Gasteiger partial charge in [-0.15, -0.1) is 0 Å². The van der Waals surface area contributed by atoms with Gasteiger partial charge in [0, 0.05) is 18.0 Å². The monoisotopic (exact) mass is 273 g/mol. The molecule has 20 heavy (non-hydrogen) atoms. The van der Waals surface area contributed by atoms with Crippen molar-refractivity contribution < 1.29 is 4.79 Å². The average molecular weight is 273 g/mol. The predicted octanol–water partition coefficient (Wildman–Crippen LogP) is 3.56. The van der Waals surface area contributed by atoms with Crippen LogP contribution in [0.2, 0.25) is 0 Å². The Bertz CT molecular complexity index is 470. The van der Waals surface area contributed by atoms with E-state index < -0.39 is 0 Å². The fourth-order valence-corrected chi connectivity index (χ4v) is 5.99. The number of hydrogen-bond donors (Lipinski definition) is 0. The van der Waals surface area contributed by atoms with Crippen molar-refractivity contribution in [1.29, 1.82) is 0 Å². The highest BCUT2D eigenvalue weighted by Crippen LogP contribution is 2.57. The van der Waals surface area contributed by atoms with E-state index in [9.17, 15) is 4.79 Å². The Morgan fingerprint density at radius 2 is 2.05 bits per heavy atom. The molecule has 0 aromatic heterocycles. The van der Waals surface area contributed by atoms with Gasteiger partial charge >= 0.3 is 0 Å². The summed E-state index contributed by atoms with van der Waals surface area (Å²) in [5, 5.41) is 0. The van der Waals surface area contributed by atoms with Crippen molar-refractivity contribution in [2.24, 2.45) is 17.3 Å². The normalized spacial score (nSPS) is 51.5. The molecule has 0 bridgehead atoms. The molecule has 4 aliphatic rings. The molecule has 0 radical (unpaired) electrons. The highest BCUT2D eigenvalue weighted by atomic mass is 16.1. The third kappa shape index (κ3) is 1.63. The van der Waals surface area contributed by atoms with Crippen molar-refractivity contribution in [3.8, 4) is 0 Å². The van der Waals surface area contributed by atoms with E-state index >= 15 is 0 Å². The molecular formula is C18H27NO. The first-order valence-electron chi connectivity index (χ1n) is 8.52. The van der Waals surface area contributed by atoms with Gasteiger partial charge in [-0.25, -0.2) is 0 Å². The molecule has 4 rings (SSSR count). The topological polar surface area (TPSA) is 20.3 Å². The number of carbonyl (C=O) groups is 1. The van der Waals surface area contributed by atoms with Crippen LogP contribution in [0.5, 0.6) is 0 Å². The third-order valence-corrected chi connectivity index (χ3v) is 7.23. The van der Waals surface area contributed by atoms with Crippen LogP contribution in [0.15, 0.2) is 12.2 Å². The van der Waals surface area contributed by atoms with Crippen LogP contribution < -0.4 is 0 Å². The fourth-order valence-electron chi connectivity index (χ4n) is 5.99. The molecule has 0 spiro atoms. The minimum absolute atomic E-state index is 0.279. The number of piperidine rings is 1. The van der Waals surface area contributed by atoms with E-state index in [2.05, 4.69) is 24.8 Å². The molecule has 0 N–H and O–H groups in total. The molecule has 2 aliphatic carbocycles. The zero-order chi connectivity index (χ0) is 14.0. The van der Waals surface area contributed by atoms with Crippen LogP contribution in [0.4, 0.5) is 0 Å². The first-order chi connectivity index (χ1) is 9.53. The van der Waals surface area contributed by atoms with Gasteiger partial charge in [0.2, 0.25) is 0 Å². The maximum absolute atomic E-state index is 11.8. The van der Waals surface area contributed by atoms with Crippen LogP contribution in [0.3, 0.4) is 0 Å². The Balaban J connectivity index is 1.68. The molecule has 2 nitrogen and oxygen atoms in total. The van der Waals surface area contributed by atoms with Crippen LogP contribution in [0, 0.1) is 17.3 Å². The van der Waals surface area contributed by atoms with Crippen LogP contribution in [-0.2, 0) is 4.79 Å². The molecule has 110 valence electrons. The maximum Gasteiger partial charge on any atom is 0.155 e. The quantitative estimate of drug-likeness (QED) is 0.672. The summed E-state index contributed by atoms with van der Waals surface area (Å²) in [5.41, 5.74) is 0.763. The van der Waals surface area contributed by atoms with E-state index in [0.29, 0.717) is 17.2 Å². The SMILES string of the molecule is C[C@@]12CCCN1[C@@H]1CCC3CC(=O)C=C[C@]3(C)[C@@H]1CC2. The van der Waals surface area contributed by atoms with Gasteiger partial charge in [0.05, 0.1) is 0 Å². The second-order valence-corrected chi connectivity index (χ2v) is 8.15. The lowest BCUT2D eigenvalue weighted by molar-refractivity contribution is -0.122. The fraction of sp³-hybridized carbons (Fsp3) is 0.833. The van der Waals surface area contributed by atoms with Crippen molar-refractivity contribution in [1.82, 2.24) is 4.90 Å². The Morgan fingerprint density at radius 3 is 2.90 bits per heavy atom. The molecule has 0 aromatic rings. The standard InChI is InChI=1S/C18H27NO/c1-17-8-3-11-19(17)16-5-4-13-12-14(20)6-10-18(13,2)15(16)7-9-17/h6,10,13,15-16H,3-5,7-9,11-12H2,1-2H3/t13?,15-,16-,17+,18+/m1/s1. The maximum atomic E-state index is 11.8. The van der Waals surface area contributed by atoms with E-state index in [1.54, 1.807) is 0 Å². The number of ketones is 1. The molecule has 1 saturated carbocycles. The van der Waals surface area contributed by atoms with Gasteiger partial charge in [0.25, 0.3) is 0 Å². The van der Waals surface area contributed by atoms with Crippen LogP contribution >= 0.6 is 0 Å². The minimum atomic E-state index is 0.279. The second kappa shape index (κ2) is 4.19. The second-order valence-electron chi connectivity index (χ2n) is 8.15. The number of rotatable bonds is 0. The van der Waals surface area contributed by atoms with E-state index in [4.69, 9.17) is 0 Å². The van der Waals surface area contributed by atoms with Gasteiger partial charge in [-0.1, -0.05) is 13.0 Å². The highest BCUT2D eigenvalue weighted by Gasteiger charge is 2.55. The van der Waals surface area contributed by atoms with E-state index in [1.165, 1.54) is 45.1 Å². The Labute approximate surface area is 122 Å². The Morgan fingerprint density at radius 1 is 1.20 bits per heavy atom. The Hall–Kier alpha value is -0.630. The zero-order valence-corrected chi connectivity index (χ0v) is 12.9. The van der Waals surface area contributed by atoms with Gasteiger partial charge in [-0.05, 0) is 75.3 Å². The lowest BCUT2D eigenvalue weighted by Gasteiger charge is -2.59. The van der Waals surface area contributed by atoms with Crippen LogP contribution in [0.25, 0.3) is 0 Å². The van der Waals surface area contributed by atoms with Crippen molar-refractivity contribution in [2.75, 3.05) is 6.54 Å². The van der Waals surface area contributed by atoms with Gasteiger partial charge in [-0.2, -0.15) is 0 Å². The average Bonchev–Trinajstić information content (AvgIpc) is 2.81. The molecule has 5 atom stereocenters. The number of carbonyl (C=O) groups excluding carboxylic acids is 1. The summed E-state index contributed by atoms with van der Waals surface area (Å²) in [6.45, 7) is 6.24. The largest absolute Gasteiger partial charge is 0.295 e. The Kier molecular flexibility index (Phi) is 2.74. The first kappa shape index (κ1) is 13.1. The summed E-state index contributed by atoms with van der Waals surface area (Å²) in [7, 11) is 0.